The Balaban J connectivity index is 1.59. The molecule has 0 aliphatic carbocycles. The van der Waals surface area contributed by atoms with Gasteiger partial charge in [0.2, 0.25) is 5.91 Å². The second-order valence-electron chi connectivity index (χ2n) is 6.75. The van der Waals surface area contributed by atoms with Crippen molar-refractivity contribution in [1.29, 1.82) is 0 Å². The van der Waals surface area contributed by atoms with Crippen molar-refractivity contribution in [1.82, 2.24) is 10.1 Å². The summed E-state index contributed by atoms with van der Waals surface area (Å²) in [5, 5.41) is 6.13. The van der Waals surface area contributed by atoms with Crippen LogP contribution in [0.1, 0.15) is 45.5 Å². The minimum atomic E-state index is 0.0170. The minimum Gasteiger partial charge on any atom is -0.361 e. The molecular formula is C21H22N2O2S. The number of benzene rings is 1. The average Bonchev–Trinajstić information content (AvgIpc) is 3.26. The molecule has 1 unspecified atom stereocenters. The summed E-state index contributed by atoms with van der Waals surface area (Å²) in [7, 11) is 0. The maximum atomic E-state index is 13.1. The van der Waals surface area contributed by atoms with Crippen molar-refractivity contribution < 1.29 is 9.32 Å². The van der Waals surface area contributed by atoms with Gasteiger partial charge >= 0.3 is 0 Å². The van der Waals surface area contributed by atoms with Crippen LogP contribution in [0.15, 0.2) is 46.3 Å². The Morgan fingerprint density at radius 1 is 1.27 bits per heavy atom. The third-order valence-electron chi connectivity index (χ3n) is 5.17. The number of carbonyl (C=O) groups excluding carboxylic acids is 1. The molecule has 26 heavy (non-hydrogen) atoms. The Kier molecular flexibility index (Phi) is 4.64. The maximum absolute atomic E-state index is 13.1. The lowest BCUT2D eigenvalue weighted by molar-refractivity contribution is -0.133. The molecule has 1 aromatic carbocycles. The molecule has 1 aliphatic rings. The van der Waals surface area contributed by atoms with E-state index in [9.17, 15) is 4.79 Å². The number of carbonyl (C=O) groups is 1. The molecule has 0 saturated carbocycles. The van der Waals surface area contributed by atoms with Gasteiger partial charge in [-0.05, 0) is 49.3 Å². The van der Waals surface area contributed by atoms with Gasteiger partial charge in [0.15, 0.2) is 0 Å². The monoisotopic (exact) mass is 366 g/mol. The highest BCUT2D eigenvalue weighted by molar-refractivity contribution is 7.10. The standard InChI is InChI=1S/C21H22N2O2S/c1-14-17(15(2)25-22-14)8-9-20(24)23-12-10-19-18(11-13-26-19)21(23)16-6-4-3-5-7-16/h3-7,11,13,21H,8-10,12H2,1-2H3. The Morgan fingerprint density at radius 3 is 2.81 bits per heavy atom. The van der Waals surface area contributed by atoms with Gasteiger partial charge in [-0.3, -0.25) is 4.79 Å². The van der Waals surface area contributed by atoms with E-state index in [1.54, 1.807) is 11.3 Å². The van der Waals surface area contributed by atoms with E-state index in [2.05, 4.69) is 28.7 Å². The predicted octanol–water partition coefficient (Wildman–Crippen LogP) is 4.46. The van der Waals surface area contributed by atoms with Crippen molar-refractivity contribution in [3.8, 4) is 0 Å². The van der Waals surface area contributed by atoms with E-state index in [4.69, 9.17) is 4.52 Å². The van der Waals surface area contributed by atoms with E-state index in [0.717, 1.165) is 30.0 Å². The molecule has 0 N–H and O–H groups in total. The normalized spacial score (nSPS) is 16.5. The third kappa shape index (κ3) is 3.07. The Hall–Kier alpha value is -2.40. The Bertz CT molecular complexity index is 894. The largest absolute Gasteiger partial charge is 0.361 e. The zero-order valence-electron chi connectivity index (χ0n) is 15.1. The molecule has 0 fully saturated rings. The van der Waals surface area contributed by atoms with Crippen LogP contribution in [0.25, 0.3) is 0 Å². The first kappa shape index (κ1) is 17.0. The van der Waals surface area contributed by atoms with Crippen LogP contribution in [-0.2, 0) is 17.6 Å². The van der Waals surface area contributed by atoms with E-state index in [1.807, 2.05) is 36.9 Å². The molecule has 4 nitrogen and oxygen atoms in total. The summed E-state index contributed by atoms with van der Waals surface area (Å²) >= 11 is 1.79. The third-order valence-corrected chi connectivity index (χ3v) is 6.17. The molecule has 1 atom stereocenters. The highest BCUT2D eigenvalue weighted by atomic mass is 32.1. The first-order valence-electron chi connectivity index (χ1n) is 8.97. The number of nitrogens with zero attached hydrogens (tertiary/aromatic N) is 2. The van der Waals surface area contributed by atoms with Crippen molar-refractivity contribution >= 4 is 17.2 Å². The van der Waals surface area contributed by atoms with E-state index >= 15 is 0 Å². The van der Waals surface area contributed by atoms with Crippen LogP contribution in [0.3, 0.4) is 0 Å². The molecule has 1 aliphatic heterocycles. The summed E-state index contributed by atoms with van der Waals surface area (Å²) in [6.07, 6.45) is 2.09. The smallest absolute Gasteiger partial charge is 0.223 e. The first-order valence-corrected chi connectivity index (χ1v) is 9.85. The lowest BCUT2D eigenvalue weighted by Gasteiger charge is -2.36. The molecule has 0 saturated heterocycles. The molecular weight excluding hydrogens is 344 g/mol. The molecule has 0 bridgehead atoms. The molecule has 0 spiro atoms. The highest BCUT2D eigenvalue weighted by Gasteiger charge is 2.32. The number of hydrogen-bond donors (Lipinski definition) is 0. The fourth-order valence-corrected chi connectivity index (χ4v) is 4.72. The zero-order valence-corrected chi connectivity index (χ0v) is 15.9. The molecule has 3 heterocycles. The summed E-state index contributed by atoms with van der Waals surface area (Å²) < 4.78 is 5.23. The molecule has 3 aromatic rings. The van der Waals surface area contributed by atoms with Gasteiger partial charge < -0.3 is 9.42 Å². The van der Waals surface area contributed by atoms with Crippen molar-refractivity contribution in [2.45, 2.75) is 39.2 Å². The lowest BCUT2D eigenvalue weighted by Crippen LogP contribution is -2.40. The number of rotatable bonds is 4. The molecule has 4 rings (SSSR count). The van der Waals surface area contributed by atoms with Crippen LogP contribution in [0, 0.1) is 13.8 Å². The van der Waals surface area contributed by atoms with Crippen LogP contribution in [0.5, 0.6) is 0 Å². The number of thiophene rings is 1. The second kappa shape index (κ2) is 7.08. The topological polar surface area (TPSA) is 46.3 Å². The van der Waals surface area contributed by atoms with Gasteiger partial charge in [0, 0.05) is 23.4 Å². The SMILES string of the molecule is Cc1noc(C)c1CCC(=O)N1CCc2sccc2C1c1ccccc1. The summed E-state index contributed by atoms with van der Waals surface area (Å²) in [6.45, 7) is 4.61. The summed E-state index contributed by atoms with van der Waals surface area (Å²) in [5.74, 6) is 1.00. The van der Waals surface area contributed by atoms with Crippen molar-refractivity contribution in [2.24, 2.45) is 0 Å². The number of hydrogen-bond acceptors (Lipinski definition) is 4. The number of fused-ring (bicyclic) bond motifs is 1. The molecule has 5 heteroatoms. The van der Waals surface area contributed by atoms with E-state index in [-0.39, 0.29) is 11.9 Å². The van der Waals surface area contributed by atoms with E-state index in [0.29, 0.717) is 12.8 Å². The lowest BCUT2D eigenvalue weighted by atomic mass is 9.92. The Labute approximate surface area is 157 Å². The summed E-state index contributed by atoms with van der Waals surface area (Å²) in [4.78, 5) is 16.6. The van der Waals surface area contributed by atoms with Crippen LogP contribution in [-0.4, -0.2) is 22.5 Å². The van der Waals surface area contributed by atoms with Gasteiger partial charge in [-0.2, -0.15) is 0 Å². The average molecular weight is 366 g/mol. The van der Waals surface area contributed by atoms with Crippen LogP contribution in [0.4, 0.5) is 0 Å². The van der Waals surface area contributed by atoms with Gasteiger partial charge in [0.1, 0.15) is 5.76 Å². The van der Waals surface area contributed by atoms with E-state index < -0.39 is 0 Å². The molecule has 1 amide bonds. The second-order valence-corrected chi connectivity index (χ2v) is 7.75. The van der Waals surface area contributed by atoms with Crippen LogP contribution >= 0.6 is 11.3 Å². The molecule has 134 valence electrons. The van der Waals surface area contributed by atoms with Gasteiger partial charge in [-0.15, -0.1) is 11.3 Å². The Morgan fingerprint density at radius 2 is 2.08 bits per heavy atom. The van der Waals surface area contributed by atoms with Crippen molar-refractivity contribution in [2.75, 3.05) is 6.54 Å². The van der Waals surface area contributed by atoms with Gasteiger partial charge in [0.25, 0.3) is 0 Å². The maximum Gasteiger partial charge on any atom is 0.223 e. The fourth-order valence-electron chi connectivity index (χ4n) is 3.81. The van der Waals surface area contributed by atoms with Crippen molar-refractivity contribution in [3.63, 3.8) is 0 Å². The molecule has 2 aromatic heterocycles. The molecule has 0 radical (unpaired) electrons. The first-order chi connectivity index (χ1) is 12.6. The summed E-state index contributed by atoms with van der Waals surface area (Å²) in [5.41, 5.74) is 4.40. The summed E-state index contributed by atoms with van der Waals surface area (Å²) in [6, 6.07) is 12.5. The fraction of sp³-hybridized carbons (Fsp3) is 0.333. The number of aromatic nitrogens is 1. The van der Waals surface area contributed by atoms with Crippen molar-refractivity contribution in [3.05, 3.63) is 74.8 Å². The highest BCUT2D eigenvalue weighted by Crippen LogP contribution is 2.38. The van der Waals surface area contributed by atoms with E-state index in [1.165, 1.54) is 16.0 Å². The van der Waals surface area contributed by atoms with Gasteiger partial charge in [-0.1, -0.05) is 35.5 Å². The predicted molar refractivity (Wildman–Crippen MR) is 102 cm³/mol. The number of amides is 1. The van der Waals surface area contributed by atoms with Crippen LogP contribution < -0.4 is 0 Å². The van der Waals surface area contributed by atoms with Crippen LogP contribution in [0.2, 0.25) is 0 Å². The zero-order chi connectivity index (χ0) is 18.1. The minimum absolute atomic E-state index is 0.0170. The quantitative estimate of drug-likeness (QED) is 0.685. The van der Waals surface area contributed by atoms with Gasteiger partial charge in [0.05, 0.1) is 11.7 Å². The van der Waals surface area contributed by atoms with Gasteiger partial charge in [-0.25, -0.2) is 0 Å². The number of aryl methyl sites for hydroxylation is 2.